The van der Waals surface area contributed by atoms with E-state index in [-0.39, 0.29) is 6.07 Å². The molecule has 0 saturated heterocycles. The summed E-state index contributed by atoms with van der Waals surface area (Å²) in [5, 5.41) is 17.6. The van der Waals surface area contributed by atoms with Gasteiger partial charge in [-0.2, -0.15) is 43.9 Å². The Hall–Kier alpha value is -2.30. The highest BCUT2D eigenvalue weighted by atomic mass is 79.9. The second-order valence-corrected chi connectivity index (χ2v) is 6.17. The zero-order valence-corrected chi connectivity index (χ0v) is 15.0. The van der Waals surface area contributed by atoms with Crippen LogP contribution in [0.15, 0.2) is 18.2 Å². The van der Waals surface area contributed by atoms with Gasteiger partial charge in [-0.25, -0.2) is 9.59 Å². The molecule has 17 heteroatoms. The maximum absolute atomic E-state index is 13.9. The van der Waals surface area contributed by atoms with Gasteiger partial charge in [-0.05, 0) is 34.1 Å². The normalized spacial score (nSPS) is 15.4. The molecule has 0 aliphatic carbocycles. The number of hydrogen-bond donors (Lipinski definition) is 2. The molecule has 0 bridgehead atoms. The number of ether oxygens (including phenoxy) is 2. The number of benzene rings is 1. The van der Waals surface area contributed by atoms with Crippen molar-refractivity contribution in [3.8, 4) is 5.75 Å². The molecule has 0 spiro atoms. The first kappa shape index (κ1) is 25.7. The van der Waals surface area contributed by atoms with Gasteiger partial charge in [0, 0.05) is 0 Å². The fourth-order valence-corrected chi connectivity index (χ4v) is 1.85. The summed E-state index contributed by atoms with van der Waals surface area (Å²) < 4.78 is 130. The molecule has 0 amide bonds. The largest absolute Gasteiger partial charge is 0.478 e. The summed E-state index contributed by atoms with van der Waals surface area (Å²) in [5.41, 5.74) is -2.21. The van der Waals surface area contributed by atoms with Gasteiger partial charge in [0.1, 0.15) is 11.3 Å². The van der Waals surface area contributed by atoms with E-state index >= 15 is 0 Å². The minimum absolute atomic E-state index is 0.0608. The van der Waals surface area contributed by atoms with Crippen LogP contribution >= 0.6 is 15.9 Å². The number of alkyl halides is 11. The van der Waals surface area contributed by atoms with Gasteiger partial charge in [0.05, 0.1) is 5.56 Å². The van der Waals surface area contributed by atoms with Gasteiger partial charge < -0.3 is 14.9 Å². The van der Waals surface area contributed by atoms with Gasteiger partial charge in [-0.1, -0.05) is 0 Å². The lowest BCUT2D eigenvalue weighted by molar-refractivity contribution is -0.466. The zero-order valence-electron chi connectivity index (χ0n) is 13.4. The maximum Gasteiger partial charge on any atom is 0.471 e. The summed E-state index contributed by atoms with van der Waals surface area (Å²) in [4.78, 5) is 21.8. The average molecular weight is 527 g/mol. The molecule has 1 aromatic rings. The Morgan fingerprint density at radius 1 is 0.833 bits per heavy atom. The monoisotopic (exact) mass is 526 g/mol. The molecule has 0 aliphatic rings. The van der Waals surface area contributed by atoms with Crippen molar-refractivity contribution in [3.63, 3.8) is 0 Å². The molecule has 6 nitrogen and oxygen atoms in total. The van der Waals surface area contributed by atoms with Crippen LogP contribution in [0.1, 0.15) is 20.7 Å². The van der Waals surface area contributed by atoms with Crippen LogP contribution in [0.2, 0.25) is 0 Å². The van der Waals surface area contributed by atoms with E-state index in [9.17, 15) is 53.5 Å². The lowest BCUT2D eigenvalue weighted by Gasteiger charge is -2.34. The highest BCUT2D eigenvalue weighted by Crippen LogP contribution is 2.52. The number of rotatable bonds is 8. The van der Waals surface area contributed by atoms with Gasteiger partial charge in [0.25, 0.3) is 0 Å². The SMILES string of the molecule is O=C(O)c1ccc(C(=O)O)c(OC(F)(F)C(F)(Br)OC(F)(F)C(F)(F)C(F)(F)F)c1. The summed E-state index contributed by atoms with van der Waals surface area (Å²) in [5.74, 6) is -12.7. The number of hydrogen-bond acceptors (Lipinski definition) is 4. The van der Waals surface area contributed by atoms with Crippen LogP contribution in [-0.2, 0) is 4.74 Å². The van der Waals surface area contributed by atoms with E-state index in [2.05, 4.69) is 9.47 Å². The Bertz CT molecular complexity index is 838. The van der Waals surface area contributed by atoms with Crippen molar-refractivity contribution in [2.24, 2.45) is 0 Å². The van der Waals surface area contributed by atoms with E-state index in [0.29, 0.717) is 12.1 Å². The molecular formula is C13H5BrF10O6. The lowest BCUT2D eigenvalue weighted by Crippen LogP contribution is -2.59. The third kappa shape index (κ3) is 4.88. The van der Waals surface area contributed by atoms with E-state index < -0.39 is 57.9 Å². The minimum atomic E-state index is -7.14. The third-order valence-corrected chi connectivity index (χ3v) is 3.64. The molecule has 170 valence electrons. The van der Waals surface area contributed by atoms with Crippen molar-refractivity contribution < 1.29 is 73.2 Å². The molecule has 2 N–H and O–H groups in total. The summed E-state index contributed by atoms with van der Waals surface area (Å²) in [7, 11) is 0. The van der Waals surface area contributed by atoms with Gasteiger partial charge in [-0.3, -0.25) is 4.74 Å². The summed E-state index contributed by atoms with van der Waals surface area (Å²) in [6, 6.07) is 0.978. The molecule has 1 unspecified atom stereocenters. The first-order valence-corrected chi connectivity index (χ1v) is 7.53. The first-order chi connectivity index (χ1) is 13.2. The highest BCUT2D eigenvalue weighted by Gasteiger charge is 2.78. The fraction of sp³-hybridized carbons (Fsp3) is 0.385. The standard InChI is InChI=1S/C13H5BrF10O6/c14-10(17,30-12(21,22)9(15,16)11(18,19)20)13(23,24)29-6-3-4(7(25)26)1-2-5(6)8(27)28/h1-3H,(H,25,26)(H,27,28). The van der Waals surface area contributed by atoms with Gasteiger partial charge in [-0.15, -0.1) is 0 Å². The maximum atomic E-state index is 13.9. The predicted molar refractivity (Wildman–Crippen MR) is 75.7 cm³/mol. The van der Waals surface area contributed by atoms with E-state index in [1.807, 2.05) is 0 Å². The van der Waals surface area contributed by atoms with Crippen molar-refractivity contribution in [3.05, 3.63) is 29.3 Å². The Morgan fingerprint density at radius 3 is 1.73 bits per heavy atom. The summed E-state index contributed by atoms with van der Waals surface area (Å²) in [6.45, 7) is 0. The van der Waals surface area contributed by atoms with Crippen LogP contribution < -0.4 is 4.74 Å². The zero-order chi connectivity index (χ0) is 23.9. The molecule has 0 heterocycles. The Labute approximate surface area is 166 Å². The molecule has 0 fully saturated rings. The van der Waals surface area contributed by atoms with Crippen LogP contribution in [0.3, 0.4) is 0 Å². The molecule has 0 aromatic heterocycles. The van der Waals surface area contributed by atoms with Crippen molar-refractivity contribution in [1.29, 1.82) is 0 Å². The van der Waals surface area contributed by atoms with Crippen LogP contribution in [0, 0.1) is 0 Å². The van der Waals surface area contributed by atoms with Crippen molar-refractivity contribution >= 4 is 27.9 Å². The second-order valence-electron chi connectivity index (χ2n) is 5.15. The molecule has 30 heavy (non-hydrogen) atoms. The van der Waals surface area contributed by atoms with Gasteiger partial charge in [0.2, 0.25) is 0 Å². The average Bonchev–Trinajstić information content (AvgIpc) is 2.51. The third-order valence-electron chi connectivity index (χ3n) is 3.01. The number of carboxylic acid groups (broad SMARTS) is 2. The topological polar surface area (TPSA) is 93.1 Å². The second kappa shape index (κ2) is 7.75. The fourth-order valence-electron chi connectivity index (χ4n) is 1.56. The van der Waals surface area contributed by atoms with Crippen LogP contribution in [-0.4, -0.2) is 51.2 Å². The Morgan fingerprint density at radius 2 is 1.33 bits per heavy atom. The minimum Gasteiger partial charge on any atom is -0.478 e. The molecule has 0 aliphatic heterocycles. The quantitative estimate of drug-likeness (QED) is 0.370. The molecule has 1 rings (SSSR count). The van der Waals surface area contributed by atoms with Gasteiger partial charge >= 0.3 is 41.0 Å². The number of halogens is 11. The Kier molecular flexibility index (Phi) is 6.65. The number of aromatic carboxylic acids is 2. The molecule has 1 atom stereocenters. The first-order valence-electron chi connectivity index (χ1n) is 6.74. The van der Waals surface area contributed by atoms with Crippen molar-refractivity contribution in [1.82, 2.24) is 0 Å². The molecule has 1 aromatic carbocycles. The Balaban J connectivity index is 3.36. The lowest BCUT2D eigenvalue weighted by atomic mass is 10.1. The summed E-state index contributed by atoms with van der Waals surface area (Å²) in [6.07, 6.45) is -19.9. The smallest absolute Gasteiger partial charge is 0.471 e. The highest BCUT2D eigenvalue weighted by molar-refractivity contribution is 9.10. The molecule has 0 radical (unpaired) electrons. The van der Waals surface area contributed by atoms with Crippen LogP contribution in [0.25, 0.3) is 0 Å². The van der Waals surface area contributed by atoms with Crippen LogP contribution in [0.4, 0.5) is 43.9 Å². The van der Waals surface area contributed by atoms with Crippen LogP contribution in [0.5, 0.6) is 5.75 Å². The van der Waals surface area contributed by atoms with E-state index in [1.165, 1.54) is 0 Å². The molecular weight excluding hydrogens is 522 g/mol. The number of carbonyl (C=O) groups is 2. The van der Waals surface area contributed by atoms with E-state index in [1.54, 1.807) is 0 Å². The predicted octanol–water partition coefficient (Wildman–Crippen LogP) is 4.88. The van der Waals surface area contributed by atoms with Crippen molar-refractivity contribution in [2.45, 2.75) is 29.1 Å². The van der Waals surface area contributed by atoms with Gasteiger partial charge in [0.15, 0.2) is 0 Å². The van der Waals surface area contributed by atoms with E-state index in [4.69, 9.17) is 10.2 Å². The molecule has 0 saturated carbocycles. The van der Waals surface area contributed by atoms with E-state index in [0.717, 1.165) is 15.9 Å². The van der Waals surface area contributed by atoms with Crippen molar-refractivity contribution in [2.75, 3.05) is 0 Å². The summed E-state index contributed by atoms with van der Waals surface area (Å²) >= 11 is 1.06. The number of carboxylic acids is 2.